The number of fused-ring (bicyclic) bond motifs is 1. The molecule has 0 aliphatic rings. The minimum absolute atomic E-state index is 1.07. The molecular formula is C9H8BN. The van der Waals surface area contributed by atoms with E-state index in [-0.39, 0.29) is 0 Å². The summed E-state index contributed by atoms with van der Waals surface area (Å²) in [6, 6.07) is 10.3. The van der Waals surface area contributed by atoms with Crippen molar-refractivity contribution in [3.05, 3.63) is 36.5 Å². The molecule has 0 spiro atoms. The summed E-state index contributed by atoms with van der Waals surface area (Å²) in [6.45, 7) is 0. The van der Waals surface area contributed by atoms with E-state index in [2.05, 4.69) is 23.2 Å². The summed E-state index contributed by atoms with van der Waals surface area (Å²) in [6.07, 6.45) is 1.91. The summed E-state index contributed by atoms with van der Waals surface area (Å²) in [7, 11) is 2.01. The summed E-state index contributed by atoms with van der Waals surface area (Å²) in [5.74, 6) is 0. The number of aromatic nitrogens is 1. The van der Waals surface area contributed by atoms with Crippen LogP contribution in [0.4, 0.5) is 0 Å². The van der Waals surface area contributed by atoms with Gasteiger partial charge in [-0.1, -0.05) is 24.3 Å². The van der Waals surface area contributed by atoms with E-state index in [1.54, 1.807) is 0 Å². The molecule has 1 aromatic carbocycles. The fourth-order valence-electron chi connectivity index (χ4n) is 1.19. The Morgan fingerprint density at radius 3 is 2.64 bits per heavy atom. The number of pyridine rings is 1. The Morgan fingerprint density at radius 1 is 1.09 bits per heavy atom. The average Bonchev–Trinajstić information content (AvgIpc) is 2.04. The van der Waals surface area contributed by atoms with E-state index >= 15 is 0 Å². The van der Waals surface area contributed by atoms with Crippen molar-refractivity contribution in [1.82, 2.24) is 4.98 Å². The normalized spacial score (nSPS) is 10.2. The molecule has 0 atom stereocenters. The van der Waals surface area contributed by atoms with Gasteiger partial charge in [0.05, 0.1) is 0 Å². The molecular weight excluding hydrogens is 133 g/mol. The van der Waals surface area contributed by atoms with E-state index < -0.39 is 0 Å². The van der Waals surface area contributed by atoms with Crippen LogP contribution < -0.4 is 5.59 Å². The fourth-order valence-corrected chi connectivity index (χ4v) is 1.19. The van der Waals surface area contributed by atoms with Crippen molar-refractivity contribution < 1.29 is 0 Å². The highest BCUT2D eigenvalue weighted by atomic mass is 14.6. The van der Waals surface area contributed by atoms with Gasteiger partial charge in [0, 0.05) is 6.20 Å². The highest BCUT2D eigenvalue weighted by Gasteiger charge is 1.90. The van der Waals surface area contributed by atoms with Crippen LogP contribution >= 0.6 is 0 Å². The molecule has 0 saturated carbocycles. The summed E-state index contributed by atoms with van der Waals surface area (Å²) in [5, 5.41) is 2.47. The van der Waals surface area contributed by atoms with Gasteiger partial charge in [0.25, 0.3) is 0 Å². The van der Waals surface area contributed by atoms with Crippen molar-refractivity contribution in [3.63, 3.8) is 0 Å². The van der Waals surface area contributed by atoms with Gasteiger partial charge in [0.1, 0.15) is 0 Å². The third kappa shape index (κ3) is 1.12. The third-order valence-electron chi connectivity index (χ3n) is 1.77. The van der Waals surface area contributed by atoms with E-state index in [4.69, 9.17) is 0 Å². The van der Waals surface area contributed by atoms with E-state index in [1.807, 2.05) is 26.2 Å². The van der Waals surface area contributed by atoms with E-state index in [0.29, 0.717) is 0 Å². The second-order valence-electron chi connectivity index (χ2n) is 2.67. The minimum Gasteiger partial charge on any atom is -0.271 e. The van der Waals surface area contributed by atoms with Gasteiger partial charge in [0.15, 0.2) is 7.85 Å². The van der Waals surface area contributed by atoms with Gasteiger partial charge >= 0.3 is 0 Å². The topological polar surface area (TPSA) is 12.9 Å². The summed E-state index contributed by atoms with van der Waals surface area (Å²) in [4.78, 5) is 4.21. The van der Waals surface area contributed by atoms with Crippen molar-refractivity contribution in [3.8, 4) is 0 Å². The van der Waals surface area contributed by atoms with Crippen molar-refractivity contribution >= 4 is 24.2 Å². The van der Waals surface area contributed by atoms with E-state index in [0.717, 1.165) is 5.59 Å². The molecule has 0 aliphatic heterocycles. The fraction of sp³-hybridized carbons (Fsp3) is 0. The first-order valence-corrected chi connectivity index (χ1v) is 3.68. The van der Waals surface area contributed by atoms with Gasteiger partial charge in [-0.2, -0.15) is 0 Å². The number of hydrogen-bond acceptors (Lipinski definition) is 1. The zero-order valence-electron chi connectivity index (χ0n) is 6.41. The van der Waals surface area contributed by atoms with E-state index in [9.17, 15) is 0 Å². The van der Waals surface area contributed by atoms with Crippen molar-refractivity contribution in [1.29, 1.82) is 0 Å². The Bertz CT molecular complexity index is 384. The molecule has 0 saturated heterocycles. The smallest absolute Gasteiger partial charge is 0.163 e. The van der Waals surface area contributed by atoms with Crippen LogP contribution in [0.5, 0.6) is 0 Å². The average molecular weight is 141 g/mol. The molecule has 52 valence electrons. The van der Waals surface area contributed by atoms with Crippen molar-refractivity contribution in [2.45, 2.75) is 0 Å². The molecule has 2 rings (SSSR count). The Balaban J connectivity index is 2.83. The Hall–Kier alpha value is -1.31. The molecule has 1 heterocycles. The van der Waals surface area contributed by atoms with Crippen molar-refractivity contribution in [2.24, 2.45) is 0 Å². The highest BCUT2D eigenvalue weighted by molar-refractivity contribution is 6.31. The van der Waals surface area contributed by atoms with Crippen LogP contribution in [0.1, 0.15) is 0 Å². The molecule has 2 aromatic rings. The lowest BCUT2D eigenvalue weighted by molar-refractivity contribution is 1.43. The maximum absolute atomic E-state index is 4.21. The largest absolute Gasteiger partial charge is 0.271 e. The standard InChI is InChI=1S/C9H8BN/c10-9-5-7-3-1-2-4-8(7)6-11-9/h1-6H,10H2. The minimum atomic E-state index is 1.07. The molecule has 1 aromatic heterocycles. The zero-order chi connectivity index (χ0) is 7.68. The maximum Gasteiger partial charge on any atom is 0.163 e. The summed E-state index contributed by atoms with van der Waals surface area (Å²) >= 11 is 0. The third-order valence-corrected chi connectivity index (χ3v) is 1.77. The summed E-state index contributed by atoms with van der Waals surface area (Å²) in [5.41, 5.74) is 1.07. The van der Waals surface area contributed by atoms with Crippen LogP contribution in [0.15, 0.2) is 36.5 Å². The quantitative estimate of drug-likeness (QED) is 0.486. The molecule has 2 heteroatoms. The predicted octanol–water partition coefficient (Wildman–Crippen LogP) is 0.493. The van der Waals surface area contributed by atoms with Crippen LogP contribution in [0.25, 0.3) is 10.8 Å². The van der Waals surface area contributed by atoms with E-state index in [1.165, 1.54) is 10.8 Å². The lowest BCUT2D eigenvalue weighted by Gasteiger charge is -1.96. The molecule has 1 nitrogen and oxygen atoms in total. The van der Waals surface area contributed by atoms with Gasteiger partial charge in [0.2, 0.25) is 0 Å². The number of rotatable bonds is 0. The Kier molecular flexibility index (Phi) is 1.39. The zero-order valence-corrected chi connectivity index (χ0v) is 6.41. The lowest BCUT2D eigenvalue weighted by atomic mass is 10.0. The van der Waals surface area contributed by atoms with Gasteiger partial charge in [-0.05, 0) is 22.4 Å². The molecule has 0 fully saturated rings. The molecule has 11 heavy (non-hydrogen) atoms. The summed E-state index contributed by atoms with van der Waals surface area (Å²) < 4.78 is 0. The molecule has 0 N–H and O–H groups in total. The van der Waals surface area contributed by atoms with Gasteiger partial charge in [-0.15, -0.1) is 0 Å². The molecule has 0 bridgehead atoms. The van der Waals surface area contributed by atoms with Crippen LogP contribution in [0.2, 0.25) is 0 Å². The molecule has 0 amide bonds. The molecule has 0 aliphatic carbocycles. The van der Waals surface area contributed by atoms with Crippen molar-refractivity contribution in [2.75, 3.05) is 0 Å². The second kappa shape index (κ2) is 2.38. The molecule has 0 radical (unpaired) electrons. The Morgan fingerprint density at radius 2 is 1.82 bits per heavy atom. The number of nitrogens with zero attached hydrogens (tertiary/aromatic N) is 1. The van der Waals surface area contributed by atoms with Crippen LogP contribution in [0, 0.1) is 0 Å². The monoisotopic (exact) mass is 141 g/mol. The first-order chi connectivity index (χ1) is 5.36. The Labute approximate surface area is 66.5 Å². The van der Waals surface area contributed by atoms with Crippen LogP contribution in [-0.4, -0.2) is 12.8 Å². The van der Waals surface area contributed by atoms with Crippen LogP contribution in [0.3, 0.4) is 0 Å². The maximum atomic E-state index is 4.21. The lowest BCUT2D eigenvalue weighted by Crippen LogP contribution is -2.05. The van der Waals surface area contributed by atoms with Gasteiger partial charge < -0.3 is 0 Å². The number of benzene rings is 1. The molecule has 0 unspecified atom stereocenters. The van der Waals surface area contributed by atoms with Gasteiger partial charge in [-0.3, -0.25) is 4.98 Å². The first kappa shape index (κ1) is 6.41. The number of hydrogen-bond donors (Lipinski definition) is 0. The SMILES string of the molecule is Bc1cc2ccccc2cn1. The van der Waals surface area contributed by atoms with Gasteiger partial charge in [-0.25, -0.2) is 0 Å². The van der Waals surface area contributed by atoms with Crippen LogP contribution in [-0.2, 0) is 0 Å². The second-order valence-corrected chi connectivity index (χ2v) is 2.67. The predicted molar refractivity (Wildman–Crippen MR) is 49.9 cm³/mol. The first-order valence-electron chi connectivity index (χ1n) is 3.68. The highest BCUT2D eigenvalue weighted by Crippen LogP contribution is 2.08.